The Hall–Kier alpha value is -0.600. The zero-order chi connectivity index (χ0) is 11.4. The molecule has 0 bridgehead atoms. The molecule has 1 rings (SSSR count). The van der Waals surface area contributed by atoms with Crippen molar-refractivity contribution in [1.29, 1.82) is 0 Å². The molecule has 1 aromatic carbocycles. The second-order valence-electron chi connectivity index (χ2n) is 4.28. The molecule has 0 radical (unpaired) electrons. The van der Waals surface area contributed by atoms with Crippen LogP contribution in [0.25, 0.3) is 0 Å². The number of hydrogen-bond donors (Lipinski definition) is 1. The van der Waals surface area contributed by atoms with Crippen LogP contribution in [-0.4, -0.2) is 0 Å². The van der Waals surface area contributed by atoms with Gasteiger partial charge in [-0.1, -0.05) is 25.4 Å². The second kappa shape index (κ2) is 5.47. The first kappa shape index (κ1) is 12.5. The standard InChI is InChI=1S/C12H17ClFN/c1-8(2)3-4-12(15)9-5-10(13)7-11(14)6-9/h5-8,12H,3-4,15H2,1-2H3/t12-/m1/s1. The molecule has 0 saturated carbocycles. The van der Waals surface area contributed by atoms with Crippen LogP contribution in [0.1, 0.15) is 38.3 Å². The third-order valence-corrected chi connectivity index (χ3v) is 2.59. The highest BCUT2D eigenvalue weighted by Gasteiger charge is 2.09. The smallest absolute Gasteiger partial charge is 0.125 e. The maximum atomic E-state index is 13.0. The predicted octanol–water partition coefficient (Wildman–Crippen LogP) is 3.92. The van der Waals surface area contributed by atoms with E-state index >= 15 is 0 Å². The molecule has 84 valence electrons. The molecule has 0 aliphatic carbocycles. The van der Waals surface area contributed by atoms with Crippen molar-refractivity contribution in [3.05, 3.63) is 34.6 Å². The van der Waals surface area contributed by atoms with E-state index in [1.807, 2.05) is 0 Å². The normalized spacial score (nSPS) is 13.2. The van der Waals surface area contributed by atoms with Crippen LogP contribution in [0.2, 0.25) is 5.02 Å². The van der Waals surface area contributed by atoms with E-state index in [2.05, 4.69) is 13.8 Å². The summed E-state index contributed by atoms with van der Waals surface area (Å²) in [6, 6.07) is 4.35. The fourth-order valence-corrected chi connectivity index (χ4v) is 1.70. The molecule has 1 atom stereocenters. The number of rotatable bonds is 4. The van der Waals surface area contributed by atoms with Gasteiger partial charge in [0.2, 0.25) is 0 Å². The first-order chi connectivity index (χ1) is 6.99. The molecule has 3 heteroatoms. The van der Waals surface area contributed by atoms with Gasteiger partial charge in [-0.15, -0.1) is 0 Å². The number of nitrogens with two attached hydrogens (primary N) is 1. The minimum absolute atomic E-state index is 0.124. The van der Waals surface area contributed by atoms with E-state index in [9.17, 15) is 4.39 Å². The van der Waals surface area contributed by atoms with Crippen molar-refractivity contribution in [1.82, 2.24) is 0 Å². The number of halogens is 2. The van der Waals surface area contributed by atoms with Gasteiger partial charge in [-0.05, 0) is 42.5 Å². The quantitative estimate of drug-likeness (QED) is 0.832. The van der Waals surface area contributed by atoms with Crippen molar-refractivity contribution in [2.75, 3.05) is 0 Å². The molecular formula is C12H17ClFN. The van der Waals surface area contributed by atoms with Gasteiger partial charge in [0.25, 0.3) is 0 Å². The summed E-state index contributed by atoms with van der Waals surface area (Å²) in [5.74, 6) is 0.289. The summed E-state index contributed by atoms with van der Waals surface area (Å²) in [6.07, 6.45) is 1.90. The minimum atomic E-state index is -0.322. The van der Waals surface area contributed by atoms with Gasteiger partial charge < -0.3 is 5.73 Å². The fourth-order valence-electron chi connectivity index (χ4n) is 1.47. The monoisotopic (exact) mass is 229 g/mol. The molecule has 0 saturated heterocycles. The van der Waals surface area contributed by atoms with Gasteiger partial charge in [-0.3, -0.25) is 0 Å². The third kappa shape index (κ3) is 4.18. The van der Waals surface area contributed by atoms with Crippen molar-refractivity contribution >= 4 is 11.6 Å². The van der Waals surface area contributed by atoms with E-state index in [-0.39, 0.29) is 11.9 Å². The zero-order valence-corrected chi connectivity index (χ0v) is 9.89. The SMILES string of the molecule is CC(C)CC[C@@H](N)c1cc(F)cc(Cl)c1. The summed E-state index contributed by atoms with van der Waals surface area (Å²) in [6.45, 7) is 4.29. The van der Waals surface area contributed by atoms with Gasteiger partial charge in [0, 0.05) is 11.1 Å². The molecule has 0 unspecified atom stereocenters. The van der Waals surface area contributed by atoms with Crippen molar-refractivity contribution in [2.45, 2.75) is 32.7 Å². The molecule has 1 aromatic rings. The Labute approximate surface area is 95.4 Å². The van der Waals surface area contributed by atoms with Crippen LogP contribution in [-0.2, 0) is 0 Å². The topological polar surface area (TPSA) is 26.0 Å². The molecule has 1 nitrogen and oxygen atoms in total. The Balaban J connectivity index is 2.68. The third-order valence-electron chi connectivity index (χ3n) is 2.37. The van der Waals surface area contributed by atoms with Gasteiger partial charge in [-0.25, -0.2) is 4.39 Å². The van der Waals surface area contributed by atoms with Crippen molar-refractivity contribution in [3.8, 4) is 0 Å². The zero-order valence-electron chi connectivity index (χ0n) is 9.13. The summed E-state index contributed by atoms with van der Waals surface area (Å²) in [5.41, 5.74) is 6.73. The van der Waals surface area contributed by atoms with Crippen molar-refractivity contribution in [2.24, 2.45) is 11.7 Å². The molecule has 0 spiro atoms. The fraction of sp³-hybridized carbons (Fsp3) is 0.500. The first-order valence-electron chi connectivity index (χ1n) is 5.20. The average molecular weight is 230 g/mol. The lowest BCUT2D eigenvalue weighted by Gasteiger charge is -2.13. The van der Waals surface area contributed by atoms with Crippen LogP contribution >= 0.6 is 11.6 Å². The van der Waals surface area contributed by atoms with E-state index in [0.29, 0.717) is 10.9 Å². The Bertz CT molecular complexity index is 305. The molecule has 2 N–H and O–H groups in total. The lowest BCUT2D eigenvalue weighted by Crippen LogP contribution is -2.11. The van der Waals surface area contributed by atoms with Crippen LogP contribution in [0.5, 0.6) is 0 Å². The van der Waals surface area contributed by atoms with Crippen LogP contribution in [0.15, 0.2) is 18.2 Å². The summed E-state index contributed by atoms with van der Waals surface area (Å²) in [7, 11) is 0. The Morgan fingerprint density at radius 2 is 1.93 bits per heavy atom. The van der Waals surface area contributed by atoms with E-state index in [4.69, 9.17) is 17.3 Å². The van der Waals surface area contributed by atoms with Crippen LogP contribution < -0.4 is 5.73 Å². The molecule has 0 aliphatic rings. The highest BCUT2D eigenvalue weighted by Crippen LogP contribution is 2.22. The van der Waals surface area contributed by atoms with Gasteiger partial charge in [0.1, 0.15) is 5.82 Å². The highest BCUT2D eigenvalue weighted by atomic mass is 35.5. The maximum absolute atomic E-state index is 13.0. The second-order valence-corrected chi connectivity index (χ2v) is 4.72. The molecule has 0 heterocycles. The summed E-state index contributed by atoms with van der Waals surface area (Å²) in [5, 5.41) is 0.407. The van der Waals surface area contributed by atoms with Gasteiger partial charge in [0.15, 0.2) is 0 Å². The Morgan fingerprint density at radius 3 is 2.47 bits per heavy atom. The lowest BCUT2D eigenvalue weighted by molar-refractivity contribution is 0.505. The van der Waals surface area contributed by atoms with E-state index < -0.39 is 0 Å². The maximum Gasteiger partial charge on any atom is 0.125 e. The summed E-state index contributed by atoms with van der Waals surface area (Å²) in [4.78, 5) is 0. The van der Waals surface area contributed by atoms with Crippen LogP contribution in [0.4, 0.5) is 4.39 Å². The number of hydrogen-bond acceptors (Lipinski definition) is 1. The van der Waals surface area contributed by atoms with E-state index in [1.54, 1.807) is 6.07 Å². The molecular weight excluding hydrogens is 213 g/mol. The molecule has 0 fully saturated rings. The largest absolute Gasteiger partial charge is 0.324 e. The molecule has 0 amide bonds. The summed E-state index contributed by atoms with van der Waals surface area (Å²) >= 11 is 5.76. The van der Waals surface area contributed by atoms with Crippen LogP contribution in [0, 0.1) is 11.7 Å². The van der Waals surface area contributed by atoms with E-state index in [1.165, 1.54) is 12.1 Å². The van der Waals surface area contributed by atoms with Crippen molar-refractivity contribution < 1.29 is 4.39 Å². The molecule has 15 heavy (non-hydrogen) atoms. The minimum Gasteiger partial charge on any atom is -0.324 e. The van der Waals surface area contributed by atoms with Gasteiger partial charge >= 0.3 is 0 Å². The van der Waals surface area contributed by atoms with Gasteiger partial charge in [-0.2, -0.15) is 0 Å². The van der Waals surface area contributed by atoms with Crippen LogP contribution in [0.3, 0.4) is 0 Å². The van der Waals surface area contributed by atoms with Crippen molar-refractivity contribution in [3.63, 3.8) is 0 Å². The molecule has 0 aromatic heterocycles. The average Bonchev–Trinajstić information content (AvgIpc) is 2.12. The predicted molar refractivity (Wildman–Crippen MR) is 62.4 cm³/mol. The van der Waals surface area contributed by atoms with Gasteiger partial charge in [0.05, 0.1) is 0 Å². The lowest BCUT2D eigenvalue weighted by atomic mass is 9.98. The van der Waals surface area contributed by atoms with E-state index in [0.717, 1.165) is 18.4 Å². The Morgan fingerprint density at radius 1 is 1.27 bits per heavy atom. The highest BCUT2D eigenvalue weighted by molar-refractivity contribution is 6.30. The number of benzene rings is 1. The molecule has 0 aliphatic heterocycles. The summed E-state index contributed by atoms with van der Waals surface area (Å²) < 4.78 is 13.0. The Kier molecular flexibility index (Phi) is 4.55. The first-order valence-corrected chi connectivity index (χ1v) is 5.58.